The standard InChI is InChI=1S/C22H21N3S/c1-13(2)14-8-10-15(11-9-14)19-17(12-23)21(24)26-22-20(19)16-6-4-5-7-18(16)25(22)3/h4-11,13,19H,24H2,1-3H3. The van der Waals surface area contributed by atoms with Gasteiger partial charge in [-0.15, -0.1) is 0 Å². The molecule has 1 aliphatic rings. The summed E-state index contributed by atoms with van der Waals surface area (Å²) in [6.07, 6.45) is 0. The Labute approximate surface area is 158 Å². The molecule has 1 atom stereocenters. The summed E-state index contributed by atoms with van der Waals surface area (Å²) in [6, 6.07) is 19.4. The molecule has 3 aromatic rings. The van der Waals surface area contributed by atoms with E-state index in [1.54, 1.807) is 0 Å². The van der Waals surface area contributed by atoms with Crippen LogP contribution in [-0.2, 0) is 7.05 Å². The van der Waals surface area contributed by atoms with Crippen molar-refractivity contribution in [3.05, 3.63) is 75.8 Å². The van der Waals surface area contributed by atoms with E-state index in [2.05, 4.69) is 74.0 Å². The van der Waals surface area contributed by atoms with Crippen molar-refractivity contribution in [2.45, 2.75) is 30.7 Å². The van der Waals surface area contributed by atoms with Crippen molar-refractivity contribution in [2.75, 3.05) is 0 Å². The lowest BCUT2D eigenvalue weighted by atomic mass is 9.84. The zero-order chi connectivity index (χ0) is 18.4. The molecule has 0 fully saturated rings. The predicted octanol–water partition coefficient (Wildman–Crippen LogP) is 5.23. The molecule has 26 heavy (non-hydrogen) atoms. The van der Waals surface area contributed by atoms with Gasteiger partial charge in [0.1, 0.15) is 0 Å². The number of aryl methyl sites for hydroxylation is 1. The number of rotatable bonds is 2. The van der Waals surface area contributed by atoms with Crippen LogP contribution in [-0.4, -0.2) is 4.57 Å². The third-order valence-electron chi connectivity index (χ3n) is 5.20. The van der Waals surface area contributed by atoms with E-state index in [9.17, 15) is 5.26 Å². The molecule has 0 bridgehead atoms. The highest BCUT2D eigenvalue weighted by Crippen LogP contribution is 2.49. The number of hydrogen-bond acceptors (Lipinski definition) is 3. The van der Waals surface area contributed by atoms with Crippen LogP contribution in [0, 0.1) is 11.3 Å². The van der Waals surface area contributed by atoms with E-state index in [1.807, 2.05) is 6.07 Å². The Kier molecular flexibility index (Phi) is 4.05. The minimum absolute atomic E-state index is 0.122. The zero-order valence-electron chi connectivity index (χ0n) is 15.2. The van der Waals surface area contributed by atoms with E-state index in [0.29, 0.717) is 16.5 Å². The summed E-state index contributed by atoms with van der Waals surface area (Å²) < 4.78 is 2.19. The lowest BCUT2D eigenvalue weighted by Gasteiger charge is -2.25. The molecule has 0 spiro atoms. The van der Waals surface area contributed by atoms with Crippen LogP contribution in [0.4, 0.5) is 0 Å². The molecule has 0 saturated heterocycles. The second-order valence-electron chi connectivity index (χ2n) is 7.04. The van der Waals surface area contributed by atoms with E-state index in [4.69, 9.17) is 5.73 Å². The summed E-state index contributed by atoms with van der Waals surface area (Å²) in [4.78, 5) is 0. The molecule has 0 aliphatic carbocycles. The lowest BCUT2D eigenvalue weighted by Crippen LogP contribution is -2.15. The summed E-state index contributed by atoms with van der Waals surface area (Å²) in [6.45, 7) is 4.38. The molecule has 130 valence electrons. The van der Waals surface area contributed by atoms with Crippen LogP contribution in [0.25, 0.3) is 10.9 Å². The Morgan fingerprint density at radius 2 is 1.81 bits per heavy atom. The van der Waals surface area contributed by atoms with Crippen molar-refractivity contribution < 1.29 is 0 Å². The fourth-order valence-corrected chi connectivity index (χ4v) is 4.83. The van der Waals surface area contributed by atoms with Crippen LogP contribution in [0.2, 0.25) is 0 Å². The van der Waals surface area contributed by atoms with Gasteiger partial charge in [0.15, 0.2) is 0 Å². The normalized spacial score (nSPS) is 16.8. The second kappa shape index (κ2) is 6.26. The third kappa shape index (κ3) is 2.43. The van der Waals surface area contributed by atoms with Crippen molar-refractivity contribution in [3.8, 4) is 6.07 Å². The summed E-state index contributed by atoms with van der Waals surface area (Å²) in [5.41, 5.74) is 11.7. The molecule has 2 N–H and O–H groups in total. The molecular formula is C22H21N3S. The molecule has 2 aromatic carbocycles. The van der Waals surface area contributed by atoms with Crippen LogP contribution >= 0.6 is 11.8 Å². The number of hydrogen-bond donors (Lipinski definition) is 1. The predicted molar refractivity (Wildman–Crippen MR) is 108 cm³/mol. The monoisotopic (exact) mass is 359 g/mol. The van der Waals surface area contributed by atoms with Gasteiger partial charge in [0, 0.05) is 29.4 Å². The van der Waals surface area contributed by atoms with Crippen molar-refractivity contribution in [3.63, 3.8) is 0 Å². The Balaban J connectivity index is 1.98. The Hall–Kier alpha value is -2.64. The van der Waals surface area contributed by atoms with Gasteiger partial charge in [-0.1, -0.05) is 68.1 Å². The molecule has 1 aromatic heterocycles. The smallest absolute Gasteiger partial charge is 0.0984 e. The molecule has 1 aliphatic heterocycles. The zero-order valence-corrected chi connectivity index (χ0v) is 16.0. The maximum absolute atomic E-state index is 9.83. The van der Waals surface area contributed by atoms with Crippen molar-refractivity contribution in [1.29, 1.82) is 5.26 Å². The molecule has 4 rings (SSSR count). The molecule has 4 heteroatoms. The second-order valence-corrected chi connectivity index (χ2v) is 8.07. The van der Waals surface area contributed by atoms with E-state index >= 15 is 0 Å². The first-order chi connectivity index (χ1) is 12.5. The average molecular weight is 359 g/mol. The van der Waals surface area contributed by atoms with E-state index in [0.717, 1.165) is 10.6 Å². The summed E-state index contributed by atoms with van der Waals surface area (Å²) in [5, 5.41) is 12.7. The number of nitrogens with two attached hydrogens (primary N) is 1. The fourth-order valence-electron chi connectivity index (χ4n) is 3.77. The first kappa shape index (κ1) is 16.8. The van der Waals surface area contributed by atoms with Gasteiger partial charge in [-0.3, -0.25) is 0 Å². The highest BCUT2D eigenvalue weighted by molar-refractivity contribution is 8.03. The van der Waals surface area contributed by atoms with Crippen LogP contribution in [0.1, 0.15) is 42.4 Å². The number of nitrogens with zero attached hydrogens (tertiary/aromatic N) is 2. The molecule has 3 nitrogen and oxygen atoms in total. The minimum Gasteiger partial charge on any atom is -0.392 e. The van der Waals surface area contributed by atoms with Crippen LogP contribution in [0.3, 0.4) is 0 Å². The SMILES string of the molecule is CC(C)c1ccc(C2C(C#N)=C(N)Sc3c2c2ccccc2n3C)cc1. The number of aromatic nitrogens is 1. The number of nitriles is 1. The quantitative estimate of drug-likeness (QED) is 0.681. The van der Waals surface area contributed by atoms with Gasteiger partial charge in [0.2, 0.25) is 0 Å². The highest BCUT2D eigenvalue weighted by Gasteiger charge is 2.33. The van der Waals surface area contributed by atoms with Crippen LogP contribution in [0.15, 0.2) is 64.2 Å². The molecule has 1 unspecified atom stereocenters. The van der Waals surface area contributed by atoms with E-state index in [-0.39, 0.29) is 5.92 Å². The number of allylic oxidation sites excluding steroid dienone is 1. The van der Waals surface area contributed by atoms with Gasteiger partial charge in [0.25, 0.3) is 0 Å². The minimum atomic E-state index is -0.122. The summed E-state index contributed by atoms with van der Waals surface area (Å²) >= 11 is 1.50. The largest absolute Gasteiger partial charge is 0.392 e. The Morgan fingerprint density at radius 1 is 1.12 bits per heavy atom. The first-order valence-corrected chi connectivity index (χ1v) is 9.59. The van der Waals surface area contributed by atoms with Gasteiger partial charge in [0.05, 0.1) is 21.7 Å². The summed E-state index contributed by atoms with van der Waals surface area (Å²) in [7, 11) is 2.07. The van der Waals surface area contributed by atoms with Gasteiger partial charge in [-0.2, -0.15) is 5.26 Å². The van der Waals surface area contributed by atoms with Gasteiger partial charge in [-0.05, 0) is 23.1 Å². The van der Waals surface area contributed by atoms with Crippen molar-refractivity contribution >= 4 is 22.7 Å². The van der Waals surface area contributed by atoms with Gasteiger partial charge >= 0.3 is 0 Å². The molecular weight excluding hydrogens is 338 g/mol. The number of fused-ring (bicyclic) bond motifs is 3. The van der Waals surface area contributed by atoms with Crippen LogP contribution < -0.4 is 5.73 Å². The van der Waals surface area contributed by atoms with E-state index in [1.165, 1.54) is 33.8 Å². The molecule has 2 heterocycles. The van der Waals surface area contributed by atoms with Crippen molar-refractivity contribution in [1.82, 2.24) is 4.57 Å². The van der Waals surface area contributed by atoms with Gasteiger partial charge in [-0.25, -0.2) is 0 Å². The molecule has 0 radical (unpaired) electrons. The van der Waals surface area contributed by atoms with Crippen molar-refractivity contribution in [2.24, 2.45) is 12.8 Å². The molecule has 0 amide bonds. The summed E-state index contributed by atoms with van der Waals surface area (Å²) in [5.74, 6) is 0.360. The number of thioether (sulfide) groups is 1. The van der Waals surface area contributed by atoms with E-state index < -0.39 is 0 Å². The van der Waals surface area contributed by atoms with Gasteiger partial charge < -0.3 is 10.3 Å². The average Bonchev–Trinajstić information content (AvgIpc) is 2.93. The Morgan fingerprint density at radius 3 is 2.46 bits per heavy atom. The van der Waals surface area contributed by atoms with Crippen LogP contribution in [0.5, 0.6) is 0 Å². The molecule has 0 saturated carbocycles. The lowest BCUT2D eigenvalue weighted by molar-refractivity contribution is 0.811. The first-order valence-electron chi connectivity index (χ1n) is 8.77. The fraction of sp³-hybridized carbons (Fsp3) is 0.227. The number of para-hydroxylation sites is 1. The topological polar surface area (TPSA) is 54.7 Å². The Bertz CT molecular complexity index is 1070. The maximum Gasteiger partial charge on any atom is 0.0984 e. The number of benzene rings is 2. The highest BCUT2D eigenvalue weighted by atomic mass is 32.2. The third-order valence-corrected chi connectivity index (χ3v) is 6.32. The maximum atomic E-state index is 9.83.